The monoisotopic (exact) mass is 307 g/mol. The van der Waals surface area contributed by atoms with Crippen LogP contribution >= 0.6 is 0 Å². The molecule has 0 aliphatic rings. The molecule has 0 radical (unpaired) electrons. The highest BCUT2D eigenvalue weighted by Gasteiger charge is 1.99. The van der Waals surface area contributed by atoms with Crippen LogP contribution in [0.2, 0.25) is 0 Å². The summed E-state index contributed by atoms with van der Waals surface area (Å²) >= 11 is 0. The zero-order chi connectivity index (χ0) is 16.5. The molecule has 2 nitrogen and oxygen atoms in total. The number of unbranched alkanes of at least 4 members (excludes halogenated alkanes) is 1. The minimum absolute atomic E-state index is 0.206. The molecule has 1 heterocycles. The lowest BCUT2D eigenvalue weighted by molar-refractivity contribution is 0.182. The van der Waals surface area contributed by atoms with Gasteiger partial charge in [-0.15, -0.1) is 6.58 Å². The van der Waals surface area contributed by atoms with E-state index in [1.807, 2.05) is 19.2 Å². The average molecular weight is 307 g/mol. The smallest absolute Gasteiger partial charge is 0.0702 e. The Hall–Kier alpha value is -2.19. The first-order valence-electron chi connectivity index (χ1n) is 8.20. The lowest BCUT2D eigenvalue weighted by Gasteiger charge is -2.03. The van der Waals surface area contributed by atoms with Crippen LogP contribution in [-0.2, 0) is 6.42 Å². The molecule has 2 aromatic rings. The molecule has 0 bridgehead atoms. The second-order valence-corrected chi connectivity index (χ2v) is 5.85. The Morgan fingerprint density at radius 3 is 2.57 bits per heavy atom. The maximum Gasteiger partial charge on any atom is 0.0702 e. The molecule has 1 aromatic heterocycles. The van der Waals surface area contributed by atoms with Crippen molar-refractivity contribution in [3.05, 3.63) is 72.5 Å². The van der Waals surface area contributed by atoms with Crippen LogP contribution in [0.1, 0.15) is 37.3 Å². The molecule has 0 amide bonds. The molecule has 1 unspecified atom stereocenters. The largest absolute Gasteiger partial charge is 0.393 e. The second kappa shape index (κ2) is 9.06. The fraction of sp³-hybridized carbons (Fsp3) is 0.286. The molecule has 1 aromatic carbocycles. The maximum absolute atomic E-state index is 9.22. The first kappa shape index (κ1) is 17.2. The molecule has 2 heteroatoms. The summed E-state index contributed by atoms with van der Waals surface area (Å²) in [6.45, 7) is 5.59. The molecule has 2 rings (SSSR count). The van der Waals surface area contributed by atoms with Crippen LogP contribution in [-0.4, -0.2) is 16.2 Å². The second-order valence-electron chi connectivity index (χ2n) is 5.85. The van der Waals surface area contributed by atoms with Gasteiger partial charge in [0, 0.05) is 11.8 Å². The molecule has 0 spiro atoms. The lowest BCUT2D eigenvalue weighted by atomic mass is 10.1. The van der Waals surface area contributed by atoms with Crippen molar-refractivity contribution in [2.45, 2.75) is 38.7 Å². The van der Waals surface area contributed by atoms with Gasteiger partial charge >= 0.3 is 0 Å². The zero-order valence-corrected chi connectivity index (χ0v) is 13.8. The maximum atomic E-state index is 9.22. The van der Waals surface area contributed by atoms with Gasteiger partial charge in [0.25, 0.3) is 0 Å². The van der Waals surface area contributed by atoms with E-state index >= 15 is 0 Å². The van der Waals surface area contributed by atoms with Crippen molar-refractivity contribution in [2.75, 3.05) is 0 Å². The number of benzene rings is 1. The van der Waals surface area contributed by atoms with Crippen molar-refractivity contribution in [3.8, 4) is 11.3 Å². The van der Waals surface area contributed by atoms with Crippen molar-refractivity contribution in [3.63, 3.8) is 0 Å². The van der Waals surface area contributed by atoms with E-state index in [1.165, 1.54) is 5.56 Å². The molecule has 0 aliphatic heterocycles. The molecule has 0 fully saturated rings. The van der Waals surface area contributed by atoms with E-state index in [2.05, 4.69) is 60.1 Å². The van der Waals surface area contributed by atoms with Gasteiger partial charge in [-0.2, -0.15) is 0 Å². The van der Waals surface area contributed by atoms with E-state index in [9.17, 15) is 5.11 Å². The van der Waals surface area contributed by atoms with Gasteiger partial charge in [-0.1, -0.05) is 48.6 Å². The van der Waals surface area contributed by atoms with Gasteiger partial charge in [-0.05, 0) is 49.8 Å². The molecule has 0 saturated carbocycles. The Morgan fingerprint density at radius 2 is 1.96 bits per heavy atom. The highest BCUT2D eigenvalue weighted by molar-refractivity contribution is 5.61. The predicted octanol–water partition coefficient (Wildman–Crippen LogP) is 5.04. The molecule has 120 valence electrons. The van der Waals surface area contributed by atoms with Crippen LogP contribution in [0.3, 0.4) is 0 Å². The van der Waals surface area contributed by atoms with Gasteiger partial charge in [-0.3, -0.25) is 4.98 Å². The SMILES string of the molecule is C=CCc1ccc(-c2ccc(C=CCCCC(C)O)cn2)cc1. The van der Waals surface area contributed by atoms with Crippen LogP contribution in [0.15, 0.2) is 61.3 Å². The summed E-state index contributed by atoms with van der Waals surface area (Å²) in [5, 5.41) is 9.22. The van der Waals surface area contributed by atoms with Gasteiger partial charge in [0.2, 0.25) is 0 Å². The van der Waals surface area contributed by atoms with Crippen LogP contribution in [0.25, 0.3) is 17.3 Å². The number of allylic oxidation sites excluding steroid dienone is 2. The Balaban J connectivity index is 1.93. The fourth-order valence-electron chi connectivity index (χ4n) is 2.40. The quantitative estimate of drug-likeness (QED) is 0.547. The number of aliphatic hydroxyl groups excluding tert-OH is 1. The van der Waals surface area contributed by atoms with E-state index in [0.717, 1.165) is 42.5 Å². The van der Waals surface area contributed by atoms with Crippen molar-refractivity contribution in [1.29, 1.82) is 0 Å². The normalized spacial score (nSPS) is 12.4. The Labute approximate surface area is 139 Å². The molecular formula is C21H25NO. The fourth-order valence-corrected chi connectivity index (χ4v) is 2.40. The molecular weight excluding hydrogens is 282 g/mol. The standard InChI is InChI=1S/C21H25NO/c1-3-7-18-10-13-20(14-11-18)21-15-12-19(16-22-21)9-6-4-5-8-17(2)23/h3,6,9-17,23H,1,4-5,7-8H2,2H3. The molecule has 1 atom stereocenters. The van der Waals surface area contributed by atoms with Crippen molar-refractivity contribution < 1.29 is 5.11 Å². The predicted molar refractivity (Wildman–Crippen MR) is 98.1 cm³/mol. The van der Waals surface area contributed by atoms with Crippen LogP contribution in [0.5, 0.6) is 0 Å². The Kier molecular flexibility index (Phi) is 6.76. The van der Waals surface area contributed by atoms with Gasteiger partial charge in [0.05, 0.1) is 11.8 Å². The number of nitrogens with zero attached hydrogens (tertiary/aromatic N) is 1. The summed E-state index contributed by atoms with van der Waals surface area (Å²) in [4.78, 5) is 4.54. The van der Waals surface area contributed by atoms with Gasteiger partial charge in [0.15, 0.2) is 0 Å². The van der Waals surface area contributed by atoms with E-state index in [-0.39, 0.29) is 6.10 Å². The number of hydrogen-bond donors (Lipinski definition) is 1. The van der Waals surface area contributed by atoms with Crippen molar-refractivity contribution in [1.82, 2.24) is 4.98 Å². The van der Waals surface area contributed by atoms with E-state index in [4.69, 9.17) is 0 Å². The number of rotatable bonds is 8. The number of pyridine rings is 1. The third-order valence-electron chi connectivity index (χ3n) is 3.72. The van der Waals surface area contributed by atoms with E-state index in [0.29, 0.717) is 0 Å². The minimum Gasteiger partial charge on any atom is -0.393 e. The number of aromatic nitrogens is 1. The third kappa shape index (κ3) is 5.84. The number of aliphatic hydroxyl groups is 1. The lowest BCUT2D eigenvalue weighted by Crippen LogP contribution is -1.97. The highest BCUT2D eigenvalue weighted by atomic mass is 16.3. The Morgan fingerprint density at radius 1 is 1.17 bits per heavy atom. The topological polar surface area (TPSA) is 33.1 Å². The van der Waals surface area contributed by atoms with Crippen LogP contribution < -0.4 is 0 Å². The third-order valence-corrected chi connectivity index (χ3v) is 3.72. The van der Waals surface area contributed by atoms with Crippen LogP contribution in [0, 0.1) is 0 Å². The zero-order valence-electron chi connectivity index (χ0n) is 13.8. The first-order valence-corrected chi connectivity index (χ1v) is 8.20. The summed E-state index contributed by atoms with van der Waals surface area (Å²) in [6.07, 6.45) is 11.6. The minimum atomic E-state index is -0.206. The summed E-state index contributed by atoms with van der Waals surface area (Å²) in [5.41, 5.74) is 4.49. The molecule has 0 saturated heterocycles. The van der Waals surface area contributed by atoms with E-state index < -0.39 is 0 Å². The van der Waals surface area contributed by atoms with Crippen molar-refractivity contribution >= 4 is 6.08 Å². The number of hydrogen-bond acceptors (Lipinski definition) is 2. The van der Waals surface area contributed by atoms with Crippen LogP contribution in [0.4, 0.5) is 0 Å². The van der Waals surface area contributed by atoms with Gasteiger partial charge in [0.1, 0.15) is 0 Å². The van der Waals surface area contributed by atoms with Gasteiger partial charge < -0.3 is 5.11 Å². The summed E-state index contributed by atoms with van der Waals surface area (Å²) in [6, 6.07) is 12.6. The van der Waals surface area contributed by atoms with Crippen molar-refractivity contribution in [2.24, 2.45) is 0 Å². The van der Waals surface area contributed by atoms with Gasteiger partial charge in [-0.25, -0.2) is 0 Å². The summed E-state index contributed by atoms with van der Waals surface area (Å²) < 4.78 is 0. The van der Waals surface area contributed by atoms with E-state index in [1.54, 1.807) is 0 Å². The Bertz CT molecular complexity index is 624. The average Bonchev–Trinajstić information content (AvgIpc) is 2.56. The highest BCUT2D eigenvalue weighted by Crippen LogP contribution is 2.18. The first-order chi connectivity index (χ1) is 11.2. The summed E-state index contributed by atoms with van der Waals surface area (Å²) in [7, 11) is 0. The molecule has 0 aliphatic carbocycles. The molecule has 1 N–H and O–H groups in total. The molecule has 23 heavy (non-hydrogen) atoms. The summed E-state index contributed by atoms with van der Waals surface area (Å²) in [5.74, 6) is 0.